The minimum atomic E-state index is 0. The molecule has 0 spiro atoms. The fourth-order valence-electron chi connectivity index (χ4n) is 0. The first kappa shape index (κ1) is 37.7. The van der Waals surface area contributed by atoms with Gasteiger partial charge in [0.15, 0.2) is 0 Å². The van der Waals surface area contributed by atoms with Crippen molar-refractivity contribution < 1.29 is 39.8 Å². The Kier molecular flexibility index (Phi) is 189. The van der Waals surface area contributed by atoms with E-state index in [1.165, 1.54) is 0 Å². The van der Waals surface area contributed by atoms with E-state index in [0.717, 1.165) is 0 Å². The van der Waals surface area contributed by atoms with Crippen LogP contribution in [0.5, 0.6) is 0 Å². The van der Waals surface area contributed by atoms with Gasteiger partial charge in [-0.25, -0.2) is 0 Å². The summed E-state index contributed by atoms with van der Waals surface area (Å²) in [5.41, 5.74) is 0. The molecule has 0 aromatic rings. The predicted octanol–water partition coefficient (Wildman–Crippen LogP) is -1.89. The maximum Gasteiger partial charge on any atom is 1.00 e. The Balaban J connectivity index is 0. The number of halogens is 2. The molecule has 0 aromatic carbocycles. The van der Waals surface area contributed by atoms with E-state index >= 15 is 0 Å². The van der Waals surface area contributed by atoms with Gasteiger partial charge >= 0.3 is 18.9 Å². The van der Waals surface area contributed by atoms with Crippen molar-refractivity contribution in [2.24, 2.45) is 0 Å². The van der Waals surface area contributed by atoms with Gasteiger partial charge < -0.3 is 1.43 Å². The monoisotopic (exact) mass is 188 g/mol. The van der Waals surface area contributed by atoms with E-state index in [4.69, 9.17) is 0 Å². The Labute approximate surface area is 68.7 Å². The largest absolute Gasteiger partial charge is 1.00 e. The molecule has 4 heavy (non-hydrogen) atoms. The summed E-state index contributed by atoms with van der Waals surface area (Å²) < 4.78 is 0. The average molecular weight is 191 g/mol. The van der Waals surface area contributed by atoms with Gasteiger partial charge in [0.05, 0.1) is 0 Å². The molecule has 0 aliphatic carbocycles. The van der Waals surface area contributed by atoms with Crippen LogP contribution >= 0.6 is 29.4 Å². The van der Waals surface area contributed by atoms with Crippen molar-refractivity contribution in [3.8, 4) is 0 Å². The van der Waals surface area contributed by atoms with Crippen molar-refractivity contribution in [3.63, 3.8) is 0 Å². The van der Waals surface area contributed by atoms with Gasteiger partial charge in [0.1, 0.15) is 0 Å². The SMILES string of the molecule is Br.Cl.[H-].[Li+].[Zn]. The normalized spacial score (nSPS) is 0. The minimum absolute atomic E-state index is 0. The summed E-state index contributed by atoms with van der Waals surface area (Å²) in [4.78, 5) is 0. The third-order valence-corrected chi connectivity index (χ3v) is 0. The molecular formula is H3BrClLiZn. The second-order valence-electron chi connectivity index (χ2n) is 0. The van der Waals surface area contributed by atoms with Crippen molar-refractivity contribution in [2.45, 2.75) is 0 Å². The van der Waals surface area contributed by atoms with E-state index in [1.54, 1.807) is 0 Å². The molecule has 0 saturated heterocycles. The average Bonchev–Trinajstić information content (AvgIpc) is 0. The third kappa shape index (κ3) is 9.01. The maximum absolute atomic E-state index is 0. The zero-order chi connectivity index (χ0) is 0. The van der Waals surface area contributed by atoms with Gasteiger partial charge in [0, 0.05) is 19.5 Å². The van der Waals surface area contributed by atoms with Gasteiger partial charge in [0.2, 0.25) is 0 Å². The number of hydrogen-bond donors (Lipinski definition) is 0. The van der Waals surface area contributed by atoms with E-state index in [0.29, 0.717) is 0 Å². The molecule has 0 unspecified atom stereocenters. The quantitative estimate of drug-likeness (QED) is 0.392. The van der Waals surface area contributed by atoms with E-state index in [-0.39, 0.29) is 69.2 Å². The van der Waals surface area contributed by atoms with Crippen LogP contribution in [0.4, 0.5) is 0 Å². The summed E-state index contributed by atoms with van der Waals surface area (Å²) in [5.74, 6) is 0. The number of hydrogen-bond acceptors (Lipinski definition) is 0. The molecule has 0 heterocycles. The Morgan fingerprint density at radius 1 is 1.25 bits per heavy atom. The van der Waals surface area contributed by atoms with E-state index in [2.05, 4.69) is 0 Å². The van der Waals surface area contributed by atoms with Crippen LogP contribution < -0.4 is 18.9 Å². The summed E-state index contributed by atoms with van der Waals surface area (Å²) in [6.07, 6.45) is 0. The second-order valence-corrected chi connectivity index (χ2v) is 0. The van der Waals surface area contributed by atoms with Crippen LogP contribution in [0.3, 0.4) is 0 Å². The van der Waals surface area contributed by atoms with Crippen molar-refractivity contribution in [3.05, 3.63) is 0 Å². The minimum Gasteiger partial charge on any atom is -1.00 e. The van der Waals surface area contributed by atoms with Gasteiger partial charge in [-0.2, -0.15) is 0 Å². The summed E-state index contributed by atoms with van der Waals surface area (Å²) in [5, 5.41) is 0. The second kappa shape index (κ2) is 20.1. The smallest absolute Gasteiger partial charge is 1.00 e. The van der Waals surface area contributed by atoms with Crippen LogP contribution in [0.2, 0.25) is 0 Å². The van der Waals surface area contributed by atoms with Crippen molar-refractivity contribution in [1.29, 1.82) is 0 Å². The summed E-state index contributed by atoms with van der Waals surface area (Å²) in [6.45, 7) is 0. The molecule has 0 bridgehead atoms. The van der Waals surface area contributed by atoms with Crippen LogP contribution in [0.1, 0.15) is 1.43 Å². The first-order valence-electron chi connectivity index (χ1n) is 0. The van der Waals surface area contributed by atoms with Crippen molar-refractivity contribution in [2.75, 3.05) is 0 Å². The Bertz CT molecular complexity index is 11.6. The van der Waals surface area contributed by atoms with Gasteiger partial charge in [-0.1, -0.05) is 0 Å². The van der Waals surface area contributed by atoms with Crippen LogP contribution in [0.15, 0.2) is 0 Å². The third-order valence-electron chi connectivity index (χ3n) is 0. The van der Waals surface area contributed by atoms with E-state index in [1.807, 2.05) is 0 Å². The summed E-state index contributed by atoms with van der Waals surface area (Å²) in [6, 6.07) is 0. The molecule has 20 valence electrons. The van der Waals surface area contributed by atoms with E-state index < -0.39 is 0 Å². The molecular weight excluding hydrogens is 188 g/mol. The summed E-state index contributed by atoms with van der Waals surface area (Å²) >= 11 is 0. The number of rotatable bonds is 0. The Hall–Kier alpha value is 1.99. The van der Waals surface area contributed by atoms with Crippen LogP contribution in [-0.4, -0.2) is 0 Å². The Morgan fingerprint density at radius 2 is 1.25 bits per heavy atom. The standard InChI is InChI=1S/BrH.ClH.Li.Zn.H/h2*1H;;;/q;;+1;;-1. The van der Waals surface area contributed by atoms with Crippen molar-refractivity contribution in [1.82, 2.24) is 0 Å². The molecule has 0 atom stereocenters. The zero-order valence-corrected chi connectivity index (χ0v) is 8.02. The van der Waals surface area contributed by atoms with Gasteiger partial charge in [-0.05, 0) is 0 Å². The van der Waals surface area contributed by atoms with E-state index in [9.17, 15) is 0 Å². The molecule has 0 aliphatic rings. The molecule has 0 saturated carbocycles. The molecule has 0 amide bonds. The fraction of sp³-hybridized carbons (Fsp3) is 0. The zero-order valence-electron chi connectivity index (χ0n) is 3.52. The maximum atomic E-state index is 0. The molecule has 0 nitrogen and oxygen atoms in total. The Morgan fingerprint density at radius 3 is 1.25 bits per heavy atom. The fourth-order valence-corrected chi connectivity index (χ4v) is 0. The molecule has 0 N–H and O–H groups in total. The van der Waals surface area contributed by atoms with Crippen LogP contribution in [0, 0.1) is 0 Å². The van der Waals surface area contributed by atoms with Gasteiger partial charge in [-0.3, -0.25) is 0 Å². The molecule has 0 radical (unpaired) electrons. The van der Waals surface area contributed by atoms with Crippen LogP contribution in [0.25, 0.3) is 0 Å². The predicted molar refractivity (Wildman–Crippen MR) is 18.7 cm³/mol. The molecule has 0 aromatic heterocycles. The first-order valence-corrected chi connectivity index (χ1v) is 0. The van der Waals surface area contributed by atoms with Crippen LogP contribution in [-0.2, 0) is 19.5 Å². The molecule has 4 heteroatoms. The van der Waals surface area contributed by atoms with Gasteiger partial charge in [0.25, 0.3) is 0 Å². The first-order chi connectivity index (χ1) is 0. The summed E-state index contributed by atoms with van der Waals surface area (Å²) in [7, 11) is 0. The molecule has 0 aliphatic heterocycles. The van der Waals surface area contributed by atoms with Gasteiger partial charge in [-0.15, -0.1) is 29.4 Å². The topological polar surface area (TPSA) is 0 Å². The molecule has 0 fully saturated rings. The van der Waals surface area contributed by atoms with Crippen molar-refractivity contribution >= 4 is 29.4 Å². The molecule has 0 rings (SSSR count).